The Labute approximate surface area is 157 Å². The Morgan fingerprint density at radius 2 is 1.85 bits per heavy atom. The number of anilines is 1. The molecule has 1 N–H and O–H groups in total. The molecule has 2 aromatic heterocycles. The van der Waals surface area contributed by atoms with E-state index in [1.807, 2.05) is 30.1 Å². The van der Waals surface area contributed by atoms with Crippen LogP contribution in [0.25, 0.3) is 0 Å². The normalized spacial score (nSPS) is 19.7. The zero-order valence-electron chi connectivity index (χ0n) is 14.6. The van der Waals surface area contributed by atoms with Crippen LogP contribution in [0.2, 0.25) is 0 Å². The minimum Gasteiger partial charge on any atom is -0.351 e. The molecule has 0 bridgehead atoms. The number of aromatic nitrogens is 2. The molecule has 1 saturated heterocycles. The second kappa shape index (κ2) is 6.53. The molecule has 0 spiro atoms. The second-order valence-corrected chi connectivity index (χ2v) is 6.82. The van der Waals surface area contributed by atoms with Crippen molar-refractivity contribution in [2.24, 2.45) is 7.05 Å². The highest BCUT2D eigenvalue weighted by atomic mass is 32.1. The fraction of sp³-hybridized carbons (Fsp3) is 0.200. The van der Waals surface area contributed by atoms with Crippen molar-refractivity contribution >= 4 is 23.0 Å². The number of nitrogens with one attached hydrogen (secondary N) is 1. The highest BCUT2D eigenvalue weighted by Gasteiger charge is 2.41. The minimum absolute atomic E-state index is 0.0819. The van der Waals surface area contributed by atoms with Gasteiger partial charge in [-0.05, 0) is 67.7 Å². The van der Waals surface area contributed by atoms with E-state index in [9.17, 15) is 4.39 Å². The number of halogens is 1. The van der Waals surface area contributed by atoms with Crippen LogP contribution < -0.4 is 10.2 Å². The van der Waals surface area contributed by atoms with E-state index in [1.165, 1.54) is 12.1 Å². The van der Waals surface area contributed by atoms with Crippen molar-refractivity contribution in [3.8, 4) is 0 Å². The number of aryl methyl sites for hydroxylation is 1. The summed E-state index contributed by atoms with van der Waals surface area (Å²) in [4.78, 5) is 6.58. The molecule has 0 unspecified atom stereocenters. The summed E-state index contributed by atoms with van der Waals surface area (Å²) in [6.07, 6.45) is 1.79. The molecule has 0 amide bonds. The molecular formula is C20H19FN4S. The van der Waals surface area contributed by atoms with E-state index < -0.39 is 0 Å². The third-order valence-electron chi connectivity index (χ3n) is 4.92. The Bertz CT molecular complexity index is 936. The Morgan fingerprint density at radius 3 is 2.46 bits per heavy atom. The summed E-state index contributed by atoms with van der Waals surface area (Å²) in [5.74, 6) is -0.264. The van der Waals surface area contributed by atoms with Crippen LogP contribution in [0.1, 0.15) is 29.2 Å². The lowest BCUT2D eigenvalue weighted by atomic mass is 10.0. The van der Waals surface area contributed by atoms with Crippen molar-refractivity contribution in [2.75, 3.05) is 4.90 Å². The Kier molecular flexibility index (Phi) is 4.20. The van der Waals surface area contributed by atoms with Crippen molar-refractivity contribution in [3.05, 3.63) is 83.7 Å². The molecule has 6 heteroatoms. The van der Waals surface area contributed by atoms with Gasteiger partial charge in [-0.25, -0.2) is 4.39 Å². The lowest BCUT2D eigenvalue weighted by Crippen LogP contribution is -2.30. The fourth-order valence-electron chi connectivity index (χ4n) is 3.47. The summed E-state index contributed by atoms with van der Waals surface area (Å²) < 4.78 is 15.6. The third kappa shape index (κ3) is 2.76. The predicted molar refractivity (Wildman–Crippen MR) is 104 cm³/mol. The standard InChI is InChI=1S/C20H19FN4S/c1-13-6-11-17(24(13)2)19-18(16-5-3-4-12-22-16)23-20(26)25(19)15-9-7-14(21)8-10-15/h3-12,18-19H,1-2H3,(H,23,26)/t18-,19-/m1/s1. The quantitative estimate of drug-likeness (QED) is 0.709. The lowest BCUT2D eigenvalue weighted by molar-refractivity contribution is 0.538. The summed E-state index contributed by atoms with van der Waals surface area (Å²) in [6.45, 7) is 2.07. The van der Waals surface area contributed by atoms with E-state index in [0.717, 1.165) is 22.8 Å². The average Bonchev–Trinajstić information content (AvgIpc) is 3.16. The molecule has 4 rings (SSSR count). The lowest BCUT2D eigenvalue weighted by Gasteiger charge is -2.28. The zero-order chi connectivity index (χ0) is 18.3. The highest BCUT2D eigenvalue weighted by molar-refractivity contribution is 7.80. The molecule has 0 saturated carbocycles. The monoisotopic (exact) mass is 366 g/mol. The van der Waals surface area contributed by atoms with Crippen LogP contribution in [0.4, 0.5) is 10.1 Å². The highest BCUT2D eigenvalue weighted by Crippen LogP contribution is 2.41. The van der Waals surface area contributed by atoms with E-state index in [4.69, 9.17) is 12.2 Å². The molecule has 0 radical (unpaired) electrons. The van der Waals surface area contributed by atoms with Crippen LogP contribution in [0.15, 0.2) is 60.8 Å². The smallest absolute Gasteiger partial charge is 0.174 e. The third-order valence-corrected chi connectivity index (χ3v) is 5.23. The first-order valence-corrected chi connectivity index (χ1v) is 8.85. The van der Waals surface area contributed by atoms with Crippen molar-refractivity contribution in [3.63, 3.8) is 0 Å². The number of hydrogen-bond donors (Lipinski definition) is 1. The summed E-state index contributed by atoms with van der Waals surface area (Å²) in [7, 11) is 2.05. The van der Waals surface area contributed by atoms with Crippen LogP contribution in [-0.4, -0.2) is 14.7 Å². The van der Waals surface area contributed by atoms with Crippen molar-refractivity contribution in [1.29, 1.82) is 0 Å². The van der Waals surface area contributed by atoms with Crippen LogP contribution in [-0.2, 0) is 7.05 Å². The van der Waals surface area contributed by atoms with Gasteiger partial charge in [0.15, 0.2) is 5.11 Å². The number of nitrogens with zero attached hydrogens (tertiary/aromatic N) is 3. The average molecular weight is 366 g/mol. The fourth-order valence-corrected chi connectivity index (χ4v) is 3.81. The van der Waals surface area contributed by atoms with Crippen LogP contribution in [0.3, 0.4) is 0 Å². The molecule has 3 heterocycles. The number of hydrogen-bond acceptors (Lipinski definition) is 2. The van der Waals surface area contributed by atoms with E-state index in [1.54, 1.807) is 18.3 Å². The van der Waals surface area contributed by atoms with E-state index in [2.05, 4.69) is 33.9 Å². The first kappa shape index (κ1) is 16.7. The van der Waals surface area contributed by atoms with Crippen molar-refractivity contribution in [1.82, 2.24) is 14.9 Å². The van der Waals surface area contributed by atoms with E-state index >= 15 is 0 Å². The second-order valence-electron chi connectivity index (χ2n) is 6.43. The van der Waals surface area contributed by atoms with Crippen molar-refractivity contribution < 1.29 is 4.39 Å². The summed E-state index contributed by atoms with van der Waals surface area (Å²) in [5, 5.41) is 4.01. The van der Waals surface area contributed by atoms with Gasteiger partial charge < -0.3 is 14.8 Å². The molecule has 132 valence electrons. The number of thiocarbonyl (C=S) groups is 1. The molecule has 26 heavy (non-hydrogen) atoms. The largest absolute Gasteiger partial charge is 0.351 e. The Morgan fingerprint density at radius 1 is 1.08 bits per heavy atom. The maximum atomic E-state index is 13.4. The van der Waals surface area contributed by atoms with Gasteiger partial charge in [0.2, 0.25) is 0 Å². The predicted octanol–water partition coefficient (Wildman–Crippen LogP) is 4.04. The van der Waals surface area contributed by atoms with Crippen LogP contribution >= 0.6 is 12.2 Å². The molecule has 0 aliphatic carbocycles. The van der Waals surface area contributed by atoms with Gasteiger partial charge in [-0.15, -0.1) is 0 Å². The molecule has 1 aromatic carbocycles. The number of benzene rings is 1. The maximum absolute atomic E-state index is 13.4. The molecule has 1 fully saturated rings. The Balaban J connectivity index is 1.85. The zero-order valence-corrected chi connectivity index (χ0v) is 15.4. The minimum atomic E-state index is -0.264. The first-order chi connectivity index (χ1) is 12.6. The molecule has 1 aliphatic heterocycles. The maximum Gasteiger partial charge on any atom is 0.174 e. The topological polar surface area (TPSA) is 33.1 Å². The molecular weight excluding hydrogens is 347 g/mol. The van der Waals surface area contributed by atoms with Gasteiger partial charge in [0.25, 0.3) is 0 Å². The molecule has 1 aliphatic rings. The van der Waals surface area contributed by atoms with Crippen molar-refractivity contribution in [2.45, 2.75) is 19.0 Å². The summed E-state index contributed by atoms with van der Waals surface area (Å²) >= 11 is 5.64. The Hall–Kier alpha value is -2.73. The first-order valence-electron chi connectivity index (χ1n) is 8.44. The van der Waals surface area contributed by atoms with E-state index in [0.29, 0.717) is 5.11 Å². The number of pyridine rings is 1. The summed E-state index contributed by atoms with van der Waals surface area (Å²) in [5.41, 5.74) is 4.06. The van der Waals surface area contributed by atoms with Gasteiger partial charge in [-0.3, -0.25) is 4.98 Å². The molecule has 4 nitrogen and oxygen atoms in total. The number of rotatable bonds is 3. The van der Waals surface area contributed by atoms with Gasteiger partial charge in [0, 0.05) is 30.3 Å². The van der Waals surface area contributed by atoms with Gasteiger partial charge in [-0.1, -0.05) is 6.07 Å². The van der Waals surface area contributed by atoms with E-state index in [-0.39, 0.29) is 17.9 Å². The van der Waals surface area contributed by atoms with Gasteiger partial charge in [0.1, 0.15) is 11.9 Å². The van der Waals surface area contributed by atoms with Gasteiger partial charge >= 0.3 is 0 Å². The van der Waals surface area contributed by atoms with Crippen LogP contribution in [0.5, 0.6) is 0 Å². The summed E-state index contributed by atoms with van der Waals surface area (Å²) in [6, 6.07) is 16.3. The molecule has 3 aromatic rings. The SMILES string of the molecule is Cc1ccc([C@@H]2[C@@H](c3ccccn3)NC(=S)N2c2ccc(F)cc2)n1C. The molecule has 2 atom stereocenters. The van der Waals surface area contributed by atoms with Gasteiger partial charge in [0.05, 0.1) is 11.7 Å². The van der Waals surface area contributed by atoms with Gasteiger partial charge in [-0.2, -0.15) is 0 Å². The van der Waals surface area contributed by atoms with Crippen LogP contribution in [0, 0.1) is 12.7 Å².